The second kappa shape index (κ2) is 15.0. The Morgan fingerprint density at radius 1 is 0.867 bits per heavy atom. The van der Waals surface area contributed by atoms with Gasteiger partial charge in [0.15, 0.2) is 0 Å². The van der Waals surface area contributed by atoms with Crippen molar-refractivity contribution in [3.8, 4) is 11.5 Å². The van der Waals surface area contributed by atoms with Crippen LogP contribution in [0.4, 0.5) is 0 Å². The average molecular weight is 657 g/mol. The van der Waals surface area contributed by atoms with Gasteiger partial charge in [-0.3, -0.25) is 4.79 Å². The van der Waals surface area contributed by atoms with Crippen molar-refractivity contribution >= 4 is 22.6 Å². The molecule has 45 heavy (non-hydrogen) atoms. The molecule has 2 rings (SSSR count). The number of hydrogen-bond acceptors (Lipinski definition) is 4. The summed E-state index contributed by atoms with van der Waals surface area (Å²) in [4.78, 5) is 11.7. The largest absolute Gasteiger partial charge is 0.543 e. The van der Waals surface area contributed by atoms with Crippen LogP contribution in [0.1, 0.15) is 138 Å². The fraction of sp³-hybridized carbons (Fsp3) is 0.718. The van der Waals surface area contributed by atoms with E-state index in [2.05, 4.69) is 120 Å². The molecule has 0 N–H and O–H groups in total. The van der Waals surface area contributed by atoms with Gasteiger partial charge in [-0.15, -0.1) is 0 Å². The maximum Gasteiger partial charge on any atom is 0.302 e. The Morgan fingerprint density at radius 3 is 1.91 bits per heavy atom. The van der Waals surface area contributed by atoms with Gasteiger partial charge >= 0.3 is 5.97 Å². The van der Waals surface area contributed by atoms with Crippen molar-refractivity contribution in [1.82, 2.24) is 0 Å². The molecule has 2 atom stereocenters. The minimum atomic E-state index is -2.19. The van der Waals surface area contributed by atoms with Gasteiger partial charge in [0, 0.05) is 24.0 Å². The first-order valence-electron chi connectivity index (χ1n) is 17.5. The summed E-state index contributed by atoms with van der Waals surface area (Å²) in [6.07, 6.45) is 10.3. The van der Waals surface area contributed by atoms with Crippen LogP contribution >= 0.6 is 0 Å². The van der Waals surface area contributed by atoms with Gasteiger partial charge in [-0.25, -0.2) is 0 Å². The highest BCUT2D eigenvalue weighted by molar-refractivity contribution is 6.75. The van der Waals surface area contributed by atoms with Gasteiger partial charge < -0.3 is 13.6 Å². The zero-order valence-electron chi connectivity index (χ0n) is 31.9. The third-order valence-electron chi connectivity index (χ3n) is 10.9. The van der Waals surface area contributed by atoms with E-state index in [0.717, 1.165) is 36.3 Å². The highest BCUT2D eigenvalue weighted by Gasteiger charge is 2.43. The van der Waals surface area contributed by atoms with Crippen molar-refractivity contribution in [1.29, 1.82) is 0 Å². The number of ether oxygens (including phenoxy) is 1. The number of hydrogen-bond donors (Lipinski definition) is 0. The molecular formula is C39H68O4Si2. The van der Waals surface area contributed by atoms with E-state index in [1.165, 1.54) is 49.3 Å². The monoisotopic (exact) mass is 656 g/mol. The first-order valence-corrected chi connectivity index (χ1v) is 23.3. The molecule has 1 aliphatic rings. The lowest BCUT2D eigenvalue weighted by Gasteiger charge is -2.42. The molecule has 2 unspecified atom stereocenters. The van der Waals surface area contributed by atoms with Crippen LogP contribution in [-0.2, 0) is 14.9 Å². The van der Waals surface area contributed by atoms with Crippen molar-refractivity contribution < 1.29 is 18.4 Å². The zero-order chi connectivity index (χ0) is 34.6. The summed E-state index contributed by atoms with van der Waals surface area (Å²) in [6.45, 7) is 38.7. The number of carbonyl (C=O) groups is 1. The molecule has 4 nitrogen and oxygen atoms in total. The van der Waals surface area contributed by atoms with Gasteiger partial charge in [0.1, 0.15) is 18.1 Å². The molecule has 0 heterocycles. The van der Waals surface area contributed by atoms with E-state index in [4.69, 9.17) is 13.6 Å². The third-order valence-corrected chi connectivity index (χ3v) is 19.6. The predicted octanol–water partition coefficient (Wildman–Crippen LogP) is 12.3. The number of carbonyl (C=O) groups excluding carboxylic acids is 1. The molecule has 0 saturated carbocycles. The summed E-state index contributed by atoms with van der Waals surface area (Å²) >= 11 is 0. The Kier molecular flexibility index (Phi) is 13.1. The van der Waals surface area contributed by atoms with Gasteiger partial charge in [0.25, 0.3) is 0 Å². The number of rotatable bonds is 14. The molecule has 0 bridgehead atoms. The standard InChI is InChI=1S/C39H68O4Si2/c1-17-18-19-20-23-39(11,12)34-26-35(42-44(13,14)37(5,6)7)33(25-36(34)43-45(15,16)38(8,9)10)32-24-30(27-41-29(4)40)21-22-31(32)28(2)3/h24-26,31-32H,2,17-23,27H2,1,3-16H3. The number of esters is 1. The number of unbranched alkanes of at least 4 members (excludes halogenated alkanes) is 3. The molecule has 0 radical (unpaired) electrons. The Hall–Kier alpha value is -1.80. The Morgan fingerprint density at radius 2 is 1.42 bits per heavy atom. The van der Waals surface area contributed by atoms with Crippen molar-refractivity contribution in [3.05, 3.63) is 47.1 Å². The van der Waals surface area contributed by atoms with Crippen LogP contribution < -0.4 is 8.85 Å². The van der Waals surface area contributed by atoms with Crippen LogP contribution in [0.5, 0.6) is 11.5 Å². The van der Waals surface area contributed by atoms with Gasteiger partial charge in [0.2, 0.25) is 16.6 Å². The Labute approximate surface area is 280 Å². The van der Waals surface area contributed by atoms with Gasteiger partial charge in [0.05, 0.1) is 0 Å². The van der Waals surface area contributed by atoms with E-state index in [1.807, 2.05) is 0 Å². The topological polar surface area (TPSA) is 44.8 Å². The van der Waals surface area contributed by atoms with Crippen molar-refractivity contribution in [3.63, 3.8) is 0 Å². The van der Waals surface area contributed by atoms with E-state index < -0.39 is 16.6 Å². The van der Waals surface area contributed by atoms with Gasteiger partial charge in [-0.1, -0.05) is 106 Å². The second-order valence-electron chi connectivity index (χ2n) is 17.4. The minimum Gasteiger partial charge on any atom is -0.543 e. The van der Waals surface area contributed by atoms with Crippen LogP contribution in [0.15, 0.2) is 35.9 Å². The van der Waals surface area contributed by atoms with Crippen LogP contribution in [-0.4, -0.2) is 29.2 Å². The van der Waals surface area contributed by atoms with Gasteiger partial charge in [-0.2, -0.15) is 0 Å². The van der Waals surface area contributed by atoms with Gasteiger partial charge in [-0.05, 0) is 91.5 Å². The quantitative estimate of drug-likeness (QED) is 0.0865. The predicted molar refractivity (Wildman–Crippen MR) is 199 cm³/mol. The Bertz CT molecular complexity index is 1210. The van der Waals surface area contributed by atoms with Crippen LogP contribution in [0, 0.1) is 5.92 Å². The van der Waals surface area contributed by atoms with E-state index in [0.29, 0.717) is 6.61 Å². The van der Waals surface area contributed by atoms with Crippen LogP contribution in [0.25, 0.3) is 0 Å². The molecule has 6 heteroatoms. The SMILES string of the molecule is C=C(C)C1CCC(COC(C)=O)=CC1c1cc(O[Si](C)(C)C(C)(C)C)c(C(C)(C)CCCCCC)cc1O[Si](C)(C)C(C)(C)C. The minimum absolute atomic E-state index is 0.0487. The lowest BCUT2D eigenvalue weighted by Crippen LogP contribution is -2.45. The lowest BCUT2D eigenvalue weighted by molar-refractivity contribution is -0.140. The fourth-order valence-electron chi connectivity index (χ4n) is 5.67. The molecule has 256 valence electrons. The fourth-order valence-corrected chi connectivity index (χ4v) is 7.73. The summed E-state index contributed by atoms with van der Waals surface area (Å²) < 4.78 is 20.1. The summed E-state index contributed by atoms with van der Waals surface area (Å²) in [6, 6.07) is 4.71. The van der Waals surface area contributed by atoms with Crippen molar-refractivity contribution in [2.75, 3.05) is 6.61 Å². The van der Waals surface area contributed by atoms with Crippen molar-refractivity contribution in [2.45, 2.75) is 169 Å². The van der Waals surface area contributed by atoms with Crippen molar-refractivity contribution in [2.24, 2.45) is 5.92 Å². The summed E-state index contributed by atoms with van der Waals surface area (Å²) in [7, 11) is -4.36. The highest BCUT2D eigenvalue weighted by atomic mass is 28.4. The summed E-state index contributed by atoms with van der Waals surface area (Å²) in [5.41, 5.74) is 4.69. The Balaban J connectivity index is 2.94. The van der Waals surface area contributed by atoms with Crippen LogP contribution in [0.2, 0.25) is 36.3 Å². The molecule has 0 spiro atoms. The smallest absolute Gasteiger partial charge is 0.302 e. The third kappa shape index (κ3) is 10.3. The first-order chi connectivity index (χ1) is 20.4. The molecule has 0 saturated heterocycles. The lowest BCUT2D eigenvalue weighted by atomic mass is 9.72. The molecule has 1 aromatic carbocycles. The second-order valence-corrected chi connectivity index (χ2v) is 26.9. The highest BCUT2D eigenvalue weighted by Crippen LogP contribution is 2.50. The molecule has 0 amide bonds. The number of allylic oxidation sites excluding steroid dienone is 2. The molecule has 0 aliphatic heterocycles. The first kappa shape index (κ1) is 39.4. The zero-order valence-corrected chi connectivity index (χ0v) is 33.9. The van der Waals surface area contributed by atoms with E-state index in [-0.39, 0.29) is 33.3 Å². The normalized spacial score (nSPS) is 18.3. The molecular weight excluding hydrogens is 589 g/mol. The maximum atomic E-state index is 11.7. The average Bonchev–Trinajstić information content (AvgIpc) is 2.88. The van der Waals surface area contributed by atoms with E-state index in [9.17, 15) is 4.79 Å². The molecule has 0 aromatic heterocycles. The van der Waals surface area contributed by atoms with E-state index >= 15 is 0 Å². The van der Waals surface area contributed by atoms with Crippen LogP contribution in [0.3, 0.4) is 0 Å². The summed E-state index contributed by atoms with van der Waals surface area (Å²) in [5.74, 6) is 2.08. The molecule has 0 fully saturated rings. The summed E-state index contributed by atoms with van der Waals surface area (Å²) in [5, 5.41) is 0.112. The maximum absolute atomic E-state index is 11.7. The molecule has 1 aromatic rings. The number of benzene rings is 1. The van der Waals surface area contributed by atoms with E-state index in [1.54, 1.807) is 0 Å². The molecule has 1 aliphatic carbocycles.